The number of ether oxygens (including phenoxy) is 1. The Kier molecular flexibility index (Phi) is 11.5. The van der Waals surface area contributed by atoms with Crippen molar-refractivity contribution in [3.05, 3.63) is 48.5 Å². The average molecular weight is 839 g/mol. The molecule has 2 aliphatic heterocycles. The Bertz CT molecular complexity index is 1570. The molecule has 0 bridgehead atoms. The first kappa shape index (κ1) is 39.5. The Hall–Kier alpha value is -1.06. The highest BCUT2D eigenvalue weighted by atomic mass is 31.2. The van der Waals surface area contributed by atoms with E-state index in [0.29, 0.717) is 48.1 Å². The van der Waals surface area contributed by atoms with Crippen molar-refractivity contribution in [2.75, 3.05) is 0 Å². The first-order valence-electron chi connectivity index (χ1n) is 25.4. The number of hydrogen-bond donors (Lipinski definition) is 0. The fourth-order valence-electron chi connectivity index (χ4n) is 16.7. The smallest absolute Gasteiger partial charge is 0.209 e. The van der Waals surface area contributed by atoms with Crippen molar-refractivity contribution in [3.63, 3.8) is 0 Å². The van der Waals surface area contributed by atoms with Crippen LogP contribution in [0.5, 0.6) is 11.5 Å². The molecular formula is C52H72O5P2. The van der Waals surface area contributed by atoms with E-state index in [9.17, 15) is 0 Å². The van der Waals surface area contributed by atoms with Crippen LogP contribution >= 0.6 is 16.8 Å². The van der Waals surface area contributed by atoms with Gasteiger partial charge in [0, 0.05) is 0 Å². The standard InChI is InChI=1S/C52H72O5P2/c1-5-17-37-33(13-1)25-29-43-49(37)50-38-18-6-2-14-34(38)26-30-44(50)55-58(54-43)47-23-11-9-21-41(47)53-42-22-10-12-24-48(42)59-56-45-31-27-35-15-3-7-19-39(35)51(45)52-40-20-8-4-16-36(40)28-32-46(52)57-59/h9-12,21-24,33-40,43-46,49-52H,1-8,13-20,25-32H2. The van der Waals surface area contributed by atoms with Gasteiger partial charge in [-0.15, -0.1) is 0 Å². The molecule has 8 saturated carbocycles. The Morgan fingerprint density at radius 2 is 0.627 bits per heavy atom. The molecule has 8 aliphatic carbocycles. The van der Waals surface area contributed by atoms with Gasteiger partial charge in [-0.05, 0) is 172 Å². The molecule has 16 atom stereocenters. The third-order valence-electron chi connectivity index (χ3n) is 19.0. The fraction of sp³-hybridized carbons (Fsp3) is 0.769. The lowest BCUT2D eigenvalue weighted by Crippen LogP contribution is -2.51. The van der Waals surface area contributed by atoms with Crippen LogP contribution in [0.25, 0.3) is 0 Å². The van der Waals surface area contributed by atoms with Gasteiger partial charge in [0.05, 0.1) is 35.0 Å². The minimum atomic E-state index is -1.29. The van der Waals surface area contributed by atoms with E-state index in [1.54, 1.807) is 0 Å². The quantitative estimate of drug-likeness (QED) is 0.287. The molecule has 320 valence electrons. The highest BCUT2D eigenvalue weighted by Crippen LogP contribution is 2.64. The lowest BCUT2D eigenvalue weighted by molar-refractivity contribution is -0.0856. The average Bonchev–Trinajstić information content (AvgIpc) is 3.58. The summed E-state index contributed by atoms with van der Waals surface area (Å²) in [5.74, 6) is 11.2. The topological polar surface area (TPSA) is 46.2 Å². The highest BCUT2D eigenvalue weighted by Gasteiger charge is 2.57. The number of hydrogen-bond acceptors (Lipinski definition) is 5. The Morgan fingerprint density at radius 1 is 0.339 bits per heavy atom. The predicted octanol–water partition coefficient (Wildman–Crippen LogP) is 13.8. The van der Waals surface area contributed by atoms with E-state index in [-0.39, 0.29) is 0 Å². The normalized spacial score (nSPS) is 46.8. The second-order valence-corrected chi connectivity index (χ2v) is 24.4. The van der Waals surface area contributed by atoms with Crippen LogP contribution in [0.1, 0.15) is 154 Å². The van der Waals surface area contributed by atoms with Crippen LogP contribution in [-0.4, -0.2) is 24.4 Å². The summed E-state index contributed by atoms with van der Waals surface area (Å²) in [7, 11) is -2.59. The molecular weight excluding hydrogens is 767 g/mol. The van der Waals surface area contributed by atoms with Gasteiger partial charge in [-0.1, -0.05) is 101 Å². The summed E-state index contributed by atoms with van der Waals surface area (Å²) in [6, 6.07) is 17.5. The lowest BCUT2D eigenvalue weighted by atomic mass is 9.53. The lowest BCUT2D eigenvalue weighted by Gasteiger charge is -2.53. The molecule has 2 aromatic carbocycles. The van der Waals surface area contributed by atoms with Crippen LogP contribution < -0.4 is 15.3 Å². The molecule has 7 heteroatoms. The van der Waals surface area contributed by atoms with Crippen molar-refractivity contribution in [1.29, 1.82) is 0 Å². The zero-order valence-corrected chi connectivity index (χ0v) is 37.6. The Morgan fingerprint density at radius 3 is 0.949 bits per heavy atom. The maximum Gasteiger partial charge on any atom is 0.209 e. The van der Waals surface area contributed by atoms with Crippen molar-refractivity contribution >= 4 is 27.4 Å². The van der Waals surface area contributed by atoms with Gasteiger partial charge >= 0.3 is 0 Å². The van der Waals surface area contributed by atoms with Crippen LogP contribution in [-0.2, 0) is 18.1 Å². The largest absolute Gasteiger partial charge is 0.456 e. The van der Waals surface area contributed by atoms with Crippen LogP contribution in [0.15, 0.2) is 48.5 Å². The molecule has 2 heterocycles. The molecule has 59 heavy (non-hydrogen) atoms. The third-order valence-corrected chi connectivity index (χ3v) is 22.4. The summed E-state index contributed by atoms with van der Waals surface area (Å²) in [5.41, 5.74) is 0. The number of benzene rings is 2. The summed E-state index contributed by atoms with van der Waals surface area (Å²) in [5, 5.41) is 2.24. The van der Waals surface area contributed by atoms with Gasteiger partial charge < -0.3 is 22.8 Å². The number of rotatable bonds is 4. The van der Waals surface area contributed by atoms with E-state index < -0.39 is 16.8 Å². The second kappa shape index (κ2) is 17.1. The number of para-hydroxylation sites is 2. The molecule has 0 spiro atoms. The molecule has 10 fully saturated rings. The summed E-state index contributed by atoms with van der Waals surface area (Å²) >= 11 is 0. The zero-order chi connectivity index (χ0) is 38.9. The molecule has 0 amide bonds. The van der Waals surface area contributed by atoms with Gasteiger partial charge in [0.25, 0.3) is 0 Å². The van der Waals surface area contributed by atoms with Gasteiger partial charge in [0.15, 0.2) is 0 Å². The van der Waals surface area contributed by atoms with Gasteiger partial charge in [0.1, 0.15) is 11.5 Å². The molecule has 0 radical (unpaired) electrons. The van der Waals surface area contributed by atoms with E-state index in [4.69, 9.17) is 22.8 Å². The summed E-state index contributed by atoms with van der Waals surface area (Å²) in [6.07, 6.45) is 34.0. The Labute approximate surface area is 358 Å². The maximum atomic E-state index is 7.49. The molecule has 10 aliphatic rings. The van der Waals surface area contributed by atoms with Crippen molar-refractivity contribution in [2.45, 2.75) is 179 Å². The summed E-state index contributed by atoms with van der Waals surface area (Å²) in [6.45, 7) is 0. The van der Waals surface area contributed by atoms with E-state index in [1.807, 2.05) is 0 Å². The molecule has 2 saturated heterocycles. The van der Waals surface area contributed by atoms with Crippen molar-refractivity contribution in [2.24, 2.45) is 71.0 Å². The highest BCUT2D eigenvalue weighted by molar-refractivity contribution is 7.56. The third kappa shape index (κ3) is 7.35. The van der Waals surface area contributed by atoms with E-state index in [1.165, 1.54) is 154 Å². The molecule has 5 nitrogen and oxygen atoms in total. The minimum absolute atomic E-state index is 0.298. The van der Waals surface area contributed by atoms with Crippen LogP contribution in [0.2, 0.25) is 0 Å². The van der Waals surface area contributed by atoms with E-state index in [0.717, 1.165) is 69.5 Å². The van der Waals surface area contributed by atoms with Crippen molar-refractivity contribution in [1.82, 2.24) is 0 Å². The second-order valence-electron chi connectivity index (χ2n) is 21.6. The molecule has 0 N–H and O–H groups in total. The zero-order valence-electron chi connectivity index (χ0n) is 35.8. The van der Waals surface area contributed by atoms with Crippen LogP contribution in [0.4, 0.5) is 0 Å². The molecule has 0 aromatic heterocycles. The predicted molar refractivity (Wildman–Crippen MR) is 238 cm³/mol. The molecule has 16 unspecified atom stereocenters. The Balaban J connectivity index is 0.856. The first-order chi connectivity index (χ1) is 29.2. The summed E-state index contributed by atoms with van der Waals surface area (Å²) < 4.78 is 37.2. The maximum absolute atomic E-state index is 7.49. The minimum Gasteiger partial charge on any atom is -0.456 e. The van der Waals surface area contributed by atoms with E-state index >= 15 is 0 Å². The van der Waals surface area contributed by atoms with E-state index in [2.05, 4.69) is 48.5 Å². The van der Waals surface area contributed by atoms with Crippen molar-refractivity contribution in [3.8, 4) is 11.5 Å². The van der Waals surface area contributed by atoms with Crippen LogP contribution in [0, 0.1) is 71.0 Å². The van der Waals surface area contributed by atoms with Gasteiger partial charge in [-0.25, -0.2) is 0 Å². The first-order valence-corrected chi connectivity index (χ1v) is 27.7. The monoisotopic (exact) mass is 838 g/mol. The van der Waals surface area contributed by atoms with Crippen molar-refractivity contribution < 1.29 is 22.8 Å². The van der Waals surface area contributed by atoms with Gasteiger partial charge in [0.2, 0.25) is 16.8 Å². The van der Waals surface area contributed by atoms with Gasteiger partial charge in [-0.2, -0.15) is 0 Å². The fourth-order valence-corrected chi connectivity index (χ4v) is 20.2. The molecule has 12 rings (SSSR count). The molecule has 2 aromatic rings. The number of fused-ring (bicyclic) bond motifs is 14. The SMILES string of the molecule is c1ccc(P2OC3CCC4CCCCC4C3C3C(CCC4CCCCC43)O2)c(Oc2ccccc2P2OC3CCC4CCCCC4C3C3C(CCC4CCCCC43)O2)c1. The van der Waals surface area contributed by atoms with Crippen LogP contribution in [0.3, 0.4) is 0 Å². The van der Waals surface area contributed by atoms with Gasteiger partial charge in [-0.3, -0.25) is 0 Å². The summed E-state index contributed by atoms with van der Waals surface area (Å²) in [4.78, 5) is 0.